The van der Waals surface area contributed by atoms with Crippen molar-refractivity contribution < 1.29 is 33.7 Å². The van der Waals surface area contributed by atoms with Crippen LogP contribution in [0.1, 0.15) is 53.4 Å². The van der Waals surface area contributed by atoms with Gasteiger partial charge in [0.1, 0.15) is 23.3 Å². The van der Waals surface area contributed by atoms with Crippen LogP contribution in [0.2, 0.25) is 0 Å². The average Bonchev–Trinajstić information content (AvgIpc) is 3.53. The third kappa shape index (κ3) is 4.63. The van der Waals surface area contributed by atoms with E-state index in [-0.39, 0.29) is 37.5 Å². The molecule has 0 aliphatic carbocycles. The van der Waals surface area contributed by atoms with E-state index in [1.54, 1.807) is 49.3 Å². The highest BCUT2D eigenvalue weighted by Crippen LogP contribution is 2.65. The maximum absolute atomic E-state index is 14.6. The number of ether oxygens (including phenoxy) is 3. The monoisotopic (exact) mass is 542 g/mol. The Morgan fingerprint density at radius 2 is 1.95 bits per heavy atom. The topological polar surface area (TPSA) is 106 Å². The first-order valence-corrected chi connectivity index (χ1v) is 14.0. The minimum Gasteiger partial charge on any atom is -0.497 e. The lowest BCUT2D eigenvalue weighted by molar-refractivity contribution is -0.161. The van der Waals surface area contributed by atoms with Crippen LogP contribution in [0.25, 0.3) is 0 Å². The Morgan fingerprint density at radius 3 is 2.49 bits per heavy atom. The number of hydrogen-bond donors (Lipinski definition) is 1. The Bertz CT molecular complexity index is 1090. The van der Waals surface area contributed by atoms with Crippen molar-refractivity contribution >= 4 is 23.5 Å². The zero-order valence-electron chi connectivity index (χ0n) is 23.7. The first-order valence-electron chi connectivity index (χ1n) is 14.0. The van der Waals surface area contributed by atoms with Crippen molar-refractivity contribution in [2.24, 2.45) is 17.8 Å². The van der Waals surface area contributed by atoms with E-state index < -0.39 is 41.1 Å². The van der Waals surface area contributed by atoms with Crippen molar-refractivity contribution in [3.63, 3.8) is 0 Å². The summed E-state index contributed by atoms with van der Waals surface area (Å²) in [5.74, 6) is -1.97. The molecule has 3 aliphatic heterocycles. The van der Waals surface area contributed by atoms with Gasteiger partial charge in [-0.05, 0) is 62.8 Å². The molecule has 39 heavy (non-hydrogen) atoms. The van der Waals surface area contributed by atoms with E-state index in [9.17, 15) is 19.5 Å². The zero-order valence-corrected chi connectivity index (χ0v) is 23.7. The van der Waals surface area contributed by atoms with E-state index in [4.69, 9.17) is 14.2 Å². The molecule has 9 nitrogen and oxygen atoms in total. The number of fused-ring (bicyclic) bond motifs is 1. The van der Waals surface area contributed by atoms with Gasteiger partial charge < -0.3 is 29.1 Å². The number of carbonyl (C=O) groups is 3. The molecule has 2 unspecified atom stereocenters. The van der Waals surface area contributed by atoms with Crippen molar-refractivity contribution in [1.82, 2.24) is 4.90 Å². The number of nitrogens with zero attached hydrogens (tertiary/aromatic N) is 2. The summed E-state index contributed by atoms with van der Waals surface area (Å²) < 4.78 is 17.5. The molecule has 3 heterocycles. The fraction of sp³-hybridized carbons (Fsp3) is 0.633. The molecule has 1 N–H and O–H groups in total. The number of esters is 1. The first-order chi connectivity index (χ1) is 18.6. The standard InChI is InChI=1S/C30H42N2O7/c1-7-16-31(20-10-12-22(37-6)13-11-20)27(35)25-30-15-14-29(8-2,39-30)24(28(36)38-9-3)23(30)26(34)32(25)21(18-33)17-19(4)5/h7,10-13,19,21,23-25,33H,1,8-9,14-18H2,2-6H3/t21-,23+,24-,25?,29+,30?/m1/s1. The smallest absolute Gasteiger partial charge is 0.312 e. The maximum Gasteiger partial charge on any atom is 0.312 e. The fourth-order valence-corrected chi connectivity index (χ4v) is 7.10. The lowest BCUT2D eigenvalue weighted by Gasteiger charge is -2.40. The number of benzene rings is 1. The van der Waals surface area contributed by atoms with Crippen molar-refractivity contribution in [2.45, 2.75) is 76.7 Å². The minimum absolute atomic E-state index is 0.162. The zero-order chi connectivity index (χ0) is 28.5. The van der Waals surface area contributed by atoms with Crippen LogP contribution < -0.4 is 9.64 Å². The van der Waals surface area contributed by atoms with Crippen LogP contribution in [-0.4, -0.2) is 77.9 Å². The second kappa shape index (κ2) is 11.3. The summed E-state index contributed by atoms with van der Waals surface area (Å²) >= 11 is 0. The lowest BCUT2D eigenvalue weighted by atomic mass is 9.65. The van der Waals surface area contributed by atoms with E-state index in [2.05, 4.69) is 6.58 Å². The van der Waals surface area contributed by atoms with Gasteiger partial charge in [-0.15, -0.1) is 6.58 Å². The summed E-state index contributed by atoms with van der Waals surface area (Å²) in [4.78, 5) is 45.5. The molecule has 0 saturated carbocycles. The van der Waals surface area contributed by atoms with E-state index in [1.165, 1.54) is 4.90 Å². The largest absolute Gasteiger partial charge is 0.497 e. The molecule has 6 atom stereocenters. The molecule has 0 aromatic heterocycles. The molecule has 0 radical (unpaired) electrons. The number of hydrogen-bond acceptors (Lipinski definition) is 7. The predicted octanol–water partition coefficient (Wildman–Crippen LogP) is 3.34. The number of methoxy groups -OCH3 is 1. The summed E-state index contributed by atoms with van der Waals surface area (Å²) in [5.41, 5.74) is -1.44. The summed E-state index contributed by atoms with van der Waals surface area (Å²) in [6.07, 6.45) is 3.67. The van der Waals surface area contributed by atoms with Crippen LogP contribution in [0.5, 0.6) is 5.75 Å². The molecule has 1 spiro atoms. The SMILES string of the molecule is C=CCN(C(=O)C1N([C@@H](CO)CC(C)C)C(=O)[C@@H]2[C@H](C(=O)OCC)[C@]3(CC)CCC12O3)c1ccc(OC)cc1. The number of anilines is 1. The molecular formula is C30H42N2O7. The van der Waals surface area contributed by atoms with Gasteiger partial charge >= 0.3 is 5.97 Å². The van der Waals surface area contributed by atoms with Crippen molar-refractivity contribution in [2.75, 3.05) is 31.8 Å². The minimum atomic E-state index is -1.20. The second-order valence-electron chi connectivity index (χ2n) is 11.2. The molecule has 4 rings (SSSR count). The Labute approximate surface area is 231 Å². The molecule has 1 aromatic rings. The van der Waals surface area contributed by atoms with Gasteiger partial charge in [0.25, 0.3) is 5.91 Å². The number of amides is 2. The van der Waals surface area contributed by atoms with Crippen LogP contribution in [0.3, 0.4) is 0 Å². The highest BCUT2D eigenvalue weighted by atomic mass is 16.6. The van der Waals surface area contributed by atoms with Crippen molar-refractivity contribution in [1.29, 1.82) is 0 Å². The molecule has 2 bridgehead atoms. The molecule has 3 aliphatic rings. The number of rotatable bonds is 12. The van der Waals surface area contributed by atoms with Gasteiger partial charge in [0.15, 0.2) is 0 Å². The van der Waals surface area contributed by atoms with E-state index in [1.807, 2.05) is 20.8 Å². The van der Waals surface area contributed by atoms with Crippen LogP contribution in [0, 0.1) is 17.8 Å². The molecular weight excluding hydrogens is 500 g/mol. The quantitative estimate of drug-likeness (QED) is 0.319. The second-order valence-corrected chi connectivity index (χ2v) is 11.2. The average molecular weight is 543 g/mol. The highest BCUT2D eigenvalue weighted by Gasteiger charge is 2.79. The third-order valence-corrected chi connectivity index (χ3v) is 8.70. The van der Waals surface area contributed by atoms with Crippen LogP contribution in [-0.2, 0) is 23.9 Å². The van der Waals surface area contributed by atoms with Crippen molar-refractivity contribution in [3.8, 4) is 5.75 Å². The Kier molecular flexibility index (Phi) is 8.42. The molecule has 9 heteroatoms. The van der Waals surface area contributed by atoms with Gasteiger partial charge in [0.2, 0.25) is 5.91 Å². The maximum atomic E-state index is 14.6. The highest BCUT2D eigenvalue weighted by molar-refractivity contribution is 6.05. The number of carbonyl (C=O) groups excluding carboxylic acids is 3. The number of likely N-dealkylation sites (tertiary alicyclic amines) is 1. The molecule has 3 saturated heterocycles. The molecule has 1 aromatic carbocycles. The molecule has 3 fully saturated rings. The van der Waals surface area contributed by atoms with Gasteiger partial charge in [0, 0.05) is 12.2 Å². The molecule has 2 amide bonds. The van der Waals surface area contributed by atoms with Crippen LogP contribution >= 0.6 is 0 Å². The van der Waals surface area contributed by atoms with Gasteiger partial charge in [-0.1, -0.05) is 26.8 Å². The first kappa shape index (κ1) is 29.1. The van der Waals surface area contributed by atoms with Crippen LogP contribution in [0.15, 0.2) is 36.9 Å². The van der Waals surface area contributed by atoms with Gasteiger partial charge in [-0.25, -0.2) is 0 Å². The number of aliphatic hydroxyl groups excluding tert-OH is 1. The van der Waals surface area contributed by atoms with Gasteiger partial charge in [-0.3, -0.25) is 14.4 Å². The summed E-state index contributed by atoms with van der Waals surface area (Å²) in [5, 5.41) is 10.5. The normalized spacial score (nSPS) is 29.9. The van der Waals surface area contributed by atoms with E-state index >= 15 is 0 Å². The lowest BCUT2D eigenvalue weighted by Crippen LogP contribution is -2.59. The number of aliphatic hydroxyl groups is 1. The Hall–Kier alpha value is -2.91. The van der Waals surface area contributed by atoms with Gasteiger partial charge in [-0.2, -0.15) is 0 Å². The molecule has 214 valence electrons. The third-order valence-electron chi connectivity index (χ3n) is 8.70. The summed E-state index contributed by atoms with van der Waals surface area (Å²) in [6, 6.07) is 5.50. The van der Waals surface area contributed by atoms with Crippen LogP contribution in [0.4, 0.5) is 5.69 Å². The Morgan fingerprint density at radius 1 is 1.26 bits per heavy atom. The summed E-state index contributed by atoms with van der Waals surface area (Å²) in [6.45, 7) is 11.7. The van der Waals surface area contributed by atoms with E-state index in [0.29, 0.717) is 37.1 Å². The van der Waals surface area contributed by atoms with Crippen molar-refractivity contribution in [3.05, 3.63) is 36.9 Å². The van der Waals surface area contributed by atoms with Gasteiger partial charge in [0.05, 0.1) is 37.9 Å². The predicted molar refractivity (Wildman–Crippen MR) is 146 cm³/mol. The summed E-state index contributed by atoms with van der Waals surface area (Å²) in [7, 11) is 1.57. The Balaban J connectivity index is 1.86. The fourth-order valence-electron chi connectivity index (χ4n) is 7.10. The van der Waals surface area contributed by atoms with E-state index in [0.717, 1.165) is 0 Å².